The third-order valence-electron chi connectivity index (χ3n) is 4.78. The van der Waals surface area contributed by atoms with E-state index in [2.05, 4.69) is 15.5 Å². The molecule has 0 radical (unpaired) electrons. The van der Waals surface area contributed by atoms with Gasteiger partial charge < -0.3 is 20.4 Å². The molecule has 1 heterocycles. The van der Waals surface area contributed by atoms with Crippen molar-refractivity contribution in [1.29, 1.82) is 0 Å². The highest BCUT2D eigenvalue weighted by Gasteiger charge is 2.24. The van der Waals surface area contributed by atoms with Crippen molar-refractivity contribution in [1.82, 2.24) is 10.2 Å². The van der Waals surface area contributed by atoms with Crippen LogP contribution in [0.25, 0.3) is 0 Å². The van der Waals surface area contributed by atoms with Gasteiger partial charge in [-0.25, -0.2) is 4.79 Å². The number of rotatable bonds is 3. The summed E-state index contributed by atoms with van der Waals surface area (Å²) >= 11 is 0. The molecule has 130 valence electrons. The molecule has 1 saturated heterocycles. The first-order valence-electron chi connectivity index (χ1n) is 8.80. The lowest BCUT2D eigenvalue weighted by atomic mass is 10.2. The van der Waals surface area contributed by atoms with Crippen molar-refractivity contribution in [2.45, 2.75) is 38.6 Å². The van der Waals surface area contributed by atoms with Crippen LogP contribution in [0.1, 0.15) is 32.6 Å². The van der Waals surface area contributed by atoms with Crippen LogP contribution in [0.4, 0.5) is 16.2 Å². The Kier molecular flexibility index (Phi) is 5.23. The number of benzene rings is 1. The SMILES string of the molecule is CC(=O)Nc1cccc(N2CCN(C(=O)NC3CCCC3)CC2)c1. The van der Waals surface area contributed by atoms with Crippen molar-refractivity contribution < 1.29 is 9.59 Å². The van der Waals surface area contributed by atoms with Gasteiger partial charge in [-0.1, -0.05) is 18.9 Å². The molecular formula is C18H26N4O2. The number of carbonyl (C=O) groups excluding carboxylic acids is 2. The fourth-order valence-electron chi connectivity index (χ4n) is 3.49. The smallest absolute Gasteiger partial charge is 0.317 e. The molecule has 2 aliphatic rings. The number of hydrogen-bond acceptors (Lipinski definition) is 3. The first-order chi connectivity index (χ1) is 11.6. The number of piperazine rings is 1. The summed E-state index contributed by atoms with van der Waals surface area (Å²) in [7, 11) is 0. The monoisotopic (exact) mass is 330 g/mol. The second-order valence-electron chi connectivity index (χ2n) is 6.64. The van der Waals surface area contributed by atoms with E-state index < -0.39 is 0 Å². The summed E-state index contributed by atoms with van der Waals surface area (Å²) in [6.45, 7) is 4.57. The molecule has 3 amide bonds. The molecule has 1 aliphatic carbocycles. The number of urea groups is 1. The van der Waals surface area contributed by atoms with E-state index >= 15 is 0 Å². The summed E-state index contributed by atoms with van der Waals surface area (Å²) < 4.78 is 0. The third kappa shape index (κ3) is 4.19. The highest BCUT2D eigenvalue weighted by molar-refractivity contribution is 5.89. The van der Waals surface area contributed by atoms with E-state index in [4.69, 9.17) is 0 Å². The summed E-state index contributed by atoms with van der Waals surface area (Å²) in [5.41, 5.74) is 1.89. The zero-order chi connectivity index (χ0) is 16.9. The Balaban J connectivity index is 1.52. The maximum atomic E-state index is 12.3. The number of carbonyl (C=O) groups is 2. The number of hydrogen-bond donors (Lipinski definition) is 2. The summed E-state index contributed by atoms with van der Waals surface area (Å²) in [5, 5.41) is 5.97. The Morgan fingerprint density at radius 1 is 1.08 bits per heavy atom. The largest absolute Gasteiger partial charge is 0.368 e. The van der Waals surface area contributed by atoms with Gasteiger partial charge in [0.1, 0.15) is 0 Å². The van der Waals surface area contributed by atoms with Crippen molar-refractivity contribution in [3.63, 3.8) is 0 Å². The van der Waals surface area contributed by atoms with Crippen molar-refractivity contribution in [2.24, 2.45) is 0 Å². The van der Waals surface area contributed by atoms with Gasteiger partial charge in [0.2, 0.25) is 5.91 Å². The second kappa shape index (κ2) is 7.55. The zero-order valence-corrected chi connectivity index (χ0v) is 14.3. The van der Waals surface area contributed by atoms with Gasteiger partial charge in [-0.05, 0) is 31.0 Å². The zero-order valence-electron chi connectivity index (χ0n) is 14.3. The Hall–Kier alpha value is -2.24. The molecule has 24 heavy (non-hydrogen) atoms. The molecule has 1 aromatic rings. The van der Waals surface area contributed by atoms with Gasteiger partial charge in [-0.3, -0.25) is 4.79 Å². The topological polar surface area (TPSA) is 64.7 Å². The van der Waals surface area contributed by atoms with E-state index in [9.17, 15) is 9.59 Å². The Morgan fingerprint density at radius 2 is 1.79 bits per heavy atom. The first kappa shape index (κ1) is 16.6. The molecule has 1 saturated carbocycles. The molecule has 6 heteroatoms. The molecule has 2 N–H and O–H groups in total. The number of nitrogens with one attached hydrogen (secondary N) is 2. The molecule has 0 spiro atoms. The van der Waals surface area contributed by atoms with Crippen molar-refractivity contribution in [2.75, 3.05) is 36.4 Å². The maximum Gasteiger partial charge on any atom is 0.317 e. The van der Waals surface area contributed by atoms with Crippen LogP contribution >= 0.6 is 0 Å². The Bertz CT molecular complexity index is 590. The first-order valence-corrected chi connectivity index (χ1v) is 8.80. The van der Waals surface area contributed by atoms with Crippen LogP contribution in [0.3, 0.4) is 0 Å². The van der Waals surface area contributed by atoms with E-state index in [1.165, 1.54) is 19.8 Å². The van der Waals surface area contributed by atoms with Gasteiger partial charge in [-0.2, -0.15) is 0 Å². The fraction of sp³-hybridized carbons (Fsp3) is 0.556. The van der Waals surface area contributed by atoms with E-state index in [0.717, 1.165) is 50.4 Å². The molecular weight excluding hydrogens is 304 g/mol. The summed E-state index contributed by atoms with van der Waals surface area (Å²) in [6, 6.07) is 8.30. The second-order valence-corrected chi connectivity index (χ2v) is 6.64. The summed E-state index contributed by atoms with van der Waals surface area (Å²) in [6.07, 6.45) is 4.68. The van der Waals surface area contributed by atoms with Crippen LogP contribution in [0.5, 0.6) is 0 Å². The lowest BCUT2D eigenvalue weighted by molar-refractivity contribution is -0.114. The molecule has 6 nitrogen and oxygen atoms in total. The van der Waals surface area contributed by atoms with E-state index in [-0.39, 0.29) is 11.9 Å². The minimum absolute atomic E-state index is 0.0689. The van der Waals surface area contributed by atoms with Crippen LogP contribution in [-0.2, 0) is 4.79 Å². The third-order valence-corrected chi connectivity index (χ3v) is 4.78. The van der Waals surface area contributed by atoms with E-state index in [0.29, 0.717) is 6.04 Å². The highest BCUT2D eigenvalue weighted by atomic mass is 16.2. The average Bonchev–Trinajstić information content (AvgIpc) is 3.07. The number of anilines is 2. The van der Waals surface area contributed by atoms with Gasteiger partial charge in [-0.15, -0.1) is 0 Å². The predicted octanol–water partition coefficient (Wildman–Crippen LogP) is 2.42. The highest BCUT2D eigenvalue weighted by Crippen LogP contribution is 2.21. The number of amides is 3. The molecule has 0 aromatic heterocycles. The lowest BCUT2D eigenvalue weighted by Crippen LogP contribution is -2.53. The standard InChI is InChI=1S/C18H26N4O2/c1-14(23)19-16-7-4-8-17(13-16)21-9-11-22(12-10-21)18(24)20-15-5-2-3-6-15/h4,7-8,13,15H,2-3,5-6,9-12H2,1H3,(H,19,23)(H,20,24). The van der Waals surface area contributed by atoms with Gasteiger partial charge in [0, 0.05) is 50.5 Å². The van der Waals surface area contributed by atoms with Crippen LogP contribution < -0.4 is 15.5 Å². The van der Waals surface area contributed by atoms with Gasteiger partial charge >= 0.3 is 6.03 Å². The van der Waals surface area contributed by atoms with Crippen molar-refractivity contribution >= 4 is 23.3 Å². The Labute approximate surface area is 143 Å². The average molecular weight is 330 g/mol. The van der Waals surface area contributed by atoms with Crippen LogP contribution in [0.2, 0.25) is 0 Å². The summed E-state index contributed by atoms with van der Waals surface area (Å²) in [4.78, 5) is 27.7. The van der Waals surface area contributed by atoms with Crippen LogP contribution in [-0.4, -0.2) is 49.1 Å². The number of nitrogens with zero attached hydrogens (tertiary/aromatic N) is 2. The Morgan fingerprint density at radius 3 is 2.46 bits per heavy atom. The van der Waals surface area contributed by atoms with E-state index in [1.54, 1.807) is 0 Å². The fourth-order valence-corrected chi connectivity index (χ4v) is 3.49. The van der Waals surface area contributed by atoms with Crippen molar-refractivity contribution in [3.8, 4) is 0 Å². The van der Waals surface area contributed by atoms with Crippen LogP contribution in [0, 0.1) is 0 Å². The van der Waals surface area contributed by atoms with Crippen molar-refractivity contribution in [3.05, 3.63) is 24.3 Å². The molecule has 1 aromatic carbocycles. The molecule has 3 rings (SSSR count). The quantitative estimate of drug-likeness (QED) is 0.894. The minimum atomic E-state index is -0.0689. The lowest BCUT2D eigenvalue weighted by Gasteiger charge is -2.36. The summed E-state index contributed by atoms with van der Waals surface area (Å²) in [5.74, 6) is -0.0689. The van der Waals surface area contributed by atoms with Gasteiger partial charge in [0.05, 0.1) is 0 Å². The maximum absolute atomic E-state index is 12.3. The molecule has 1 aliphatic heterocycles. The normalized spacial score (nSPS) is 18.5. The molecule has 0 bridgehead atoms. The van der Waals surface area contributed by atoms with Crippen LogP contribution in [0.15, 0.2) is 24.3 Å². The molecule has 0 atom stereocenters. The van der Waals surface area contributed by atoms with Gasteiger partial charge in [0.25, 0.3) is 0 Å². The molecule has 2 fully saturated rings. The van der Waals surface area contributed by atoms with E-state index in [1.807, 2.05) is 29.2 Å². The van der Waals surface area contributed by atoms with Gasteiger partial charge in [0.15, 0.2) is 0 Å². The predicted molar refractivity (Wildman–Crippen MR) is 95.3 cm³/mol. The minimum Gasteiger partial charge on any atom is -0.368 e. The molecule has 0 unspecified atom stereocenters.